The third-order valence-corrected chi connectivity index (χ3v) is 11.0. The molecular formula is C64H73N. The molecule has 5 rings (SSSR count). The number of hydrogen-bond donors (Lipinski definition) is 0. The number of rotatable bonds is 18. The van der Waals surface area contributed by atoms with Crippen molar-refractivity contribution in [3.8, 4) is 0 Å². The van der Waals surface area contributed by atoms with Gasteiger partial charge < -0.3 is 4.90 Å². The summed E-state index contributed by atoms with van der Waals surface area (Å²) in [4.78, 5) is 2.22. The van der Waals surface area contributed by atoms with Crippen molar-refractivity contribution in [1.29, 1.82) is 0 Å². The molecule has 334 valence electrons. The highest BCUT2D eigenvalue weighted by Gasteiger charge is 2.12. The summed E-state index contributed by atoms with van der Waals surface area (Å²) in [6.07, 6.45) is 41.8. The average molecular weight is 856 g/mol. The first-order valence-corrected chi connectivity index (χ1v) is 22.9. The lowest BCUT2D eigenvalue weighted by atomic mass is 9.89. The Kier molecular flexibility index (Phi) is 24.3. The van der Waals surface area contributed by atoms with Gasteiger partial charge in [0.2, 0.25) is 0 Å². The van der Waals surface area contributed by atoms with E-state index in [0.717, 1.165) is 47.4 Å². The Morgan fingerprint density at radius 3 is 1.98 bits per heavy atom. The van der Waals surface area contributed by atoms with Crippen molar-refractivity contribution < 1.29 is 0 Å². The third-order valence-electron chi connectivity index (χ3n) is 11.0. The van der Waals surface area contributed by atoms with Crippen molar-refractivity contribution >= 4 is 17.7 Å². The summed E-state index contributed by atoms with van der Waals surface area (Å²) in [6.45, 7) is 29.3. The van der Waals surface area contributed by atoms with E-state index in [2.05, 4.69) is 274 Å². The summed E-state index contributed by atoms with van der Waals surface area (Å²) in [6, 6.07) is 38.5. The van der Waals surface area contributed by atoms with Gasteiger partial charge in [0.05, 0.1) is 0 Å². The molecule has 0 aliphatic heterocycles. The van der Waals surface area contributed by atoms with Crippen molar-refractivity contribution in [3.05, 3.63) is 294 Å². The topological polar surface area (TPSA) is 3.24 Å². The molecule has 0 amide bonds. The van der Waals surface area contributed by atoms with Gasteiger partial charge in [0, 0.05) is 17.6 Å². The highest BCUT2D eigenvalue weighted by Crippen LogP contribution is 2.28. The van der Waals surface area contributed by atoms with E-state index in [-0.39, 0.29) is 0 Å². The molecule has 0 saturated carbocycles. The molecule has 0 fully saturated rings. The minimum absolute atomic E-state index is 0.395. The van der Waals surface area contributed by atoms with Crippen LogP contribution in [0.15, 0.2) is 261 Å². The smallest absolute Gasteiger partial charge is 0.0192 e. The molecule has 0 spiro atoms. The molecule has 1 aliphatic rings. The first-order chi connectivity index (χ1) is 31.6. The van der Waals surface area contributed by atoms with E-state index in [1.165, 1.54) is 39.0 Å². The van der Waals surface area contributed by atoms with E-state index in [9.17, 15) is 0 Å². The Hall–Kier alpha value is -6.96. The lowest BCUT2D eigenvalue weighted by molar-refractivity contribution is 0.576. The Morgan fingerprint density at radius 1 is 0.708 bits per heavy atom. The lowest BCUT2D eigenvalue weighted by Crippen LogP contribution is -2.12. The van der Waals surface area contributed by atoms with Crippen LogP contribution in [-0.4, -0.2) is 4.90 Å². The molecule has 0 radical (unpaired) electrons. The number of nitrogens with zero attached hydrogens (tertiary/aromatic N) is 1. The quantitative estimate of drug-likeness (QED) is 0.0712. The molecule has 0 N–H and O–H groups in total. The molecule has 65 heavy (non-hydrogen) atoms. The minimum atomic E-state index is 0.395. The molecule has 1 heteroatoms. The number of aryl methyl sites for hydroxylation is 2. The molecule has 2 atom stereocenters. The zero-order valence-corrected chi connectivity index (χ0v) is 40.3. The summed E-state index contributed by atoms with van der Waals surface area (Å²) in [5, 5.41) is 0. The molecule has 0 saturated heterocycles. The van der Waals surface area contributed by atoms with Crippen molar-refractivity contribution in [3.63, 3.8) is 0 Å². The van der Waals surface area contributed by atoms with Crippen LogP contribution in [-0.2, 0) is 6.42 Å². The third kappa shape index (κ3) is 20.0. The standard InChI is InChI=1S/C53H57N.C9H12.C2H4/c1-8-18-47(29-30-48-21-12-10-13-22-48)39-40-54(45(6)20-16-19-42(3)9-2)46(7)28-27-43(4)52-35-37-53(38-36-52)44(5)41-51-26-17-25-50(33-34-51)32-31-49-23-14-11-15-24-49;1-3-9-6-4-5-8(2)7-9;1-2/h8,10-40,44,51H,1,3,9,41H2,2,4-7H3;4-7H,3H2,1-2H3;1-2H2/b19-16-,30-29+,32-31+,40-39-,43-27+,45-20-,46-28+,47-18-;;. The van der Waals surface area contributed by atoms with E-state index < -0.39 is 0 Å². The normalized spacial score (nSPS) is 15.0. The number of benzene rings is 4. The number of allylic oxidation sites excluding steroid dienone is 21. The van der Waals surface area contributed by atoms with Gasteiger partial charge in [0.25, 0.3) is 0 Å². The van der Waals surface area contributed by atoms with E-state index in [1.54, 1.807) is 0 Å². The van der Waals surface area contributed by atoms with Gasteiger partial charge in [-0.3, -0.25) is 0 Å². The summed E-state index contributed by atoms with van der Waals surface area (Å²) < 4.78 is 0. The molecule has 1 aliphatic carbocycles. The van der Waals surface area contributed by atoms with E-state index in [0.29, 0.717) is 11.8 Å². The minimum Gasteiger partial charge on any atom is -0.325 e. The highest BCUT2D eigenvalue weighted by molar-refractivity contribution is 5.65. The van der Waals surface area contributed by atoms with Crippen LogP contribution in [0.25, 0.3) is 17.7 Å². The zero-order chi connectivity index (χ0) is 47.2. The zero-order valence-electron chi connectivity index (χ0n) is 40.3. The Morgan fingerprint density at radius 2 is 1.37 bits per heavy atom. The summed E-state index contributed by atoms with van der Waals surface area (Å²) in [5.41, 5.74) is 14.5. The second-order valence-corrected chi connectivity index (χ2v) is 16.1. The van der Waals surface area contributed by atoms with Crippen LogP contribution >= 0.6 is 0 Å². The van der Waals surface area contributed by atoms with Crippen LogP contribution in [0.3, 0.4) is 0 Å². The molecule has 1 nitrogen and oxygen atoms in total. The van der Waals surface area contributed by atoms with Gasteiger partial charge in [0.1, 0.15) is 0 Å². The Bertz CT molecular complexity index is 2410. The Balaban J connectivity index is 0.000000898. The van der Waals surface area contributed by atoms with Gasteiger partial charge >= 0.3 is 0 Å². The Labute approximate surface area is 394 Å². The van der Waals surface area contributed by atoms with Gasteiger partial charge in [0.15, 0.2) is 0 Å². The SMILES string of the molecule is C=C.C=C/C=C(\C=C/N(/C(C)=C\C=C/C(=C)CC)/C(C)=C/C=C(\C)c1ccc(C(C)CC2C=CC=C(/C=C/c3ccccc3)C=C2)cc1)/C=C/c1ccccc1.CCc1cccc(C)c1. The first-order valence-electron chi connectivity index (χ1n) is 22.9. The second-order valence-electron chi connectivity index (χ2n) is 16.1. The molecule has 2 unspecified atom stereocenters. The molecule has 0 heterocycles. The molecular weight excluding hydrogens is 783 g/mol. The fourth-order valence-electron chi connectivity index (χ4n) is 6.92. The van der Waals surface area contributed by atoms with Crippen LogP contribution in [0, 0.1) is 12.8 Å². The van der Waals surface area contributed by atoms with Gasteiger partial charge in [-0.2, -0.15) is 0 Å². The van der Waals surface area contributed by atoms with Crippen molar-refractivity contribution in [1.82, 2.24) is 4.90 Å². The first kappa shape index (κ1) is 52.4. The molecule has 0 aromatic heterocycles. The van der Waals surface area contributed by atoms with E-state index in [1.807, 2.05) is 24.3 Å². The molecule has 4 aromatic carbocycles. The summed E-state index contributed by atoms with van der Waals surface area (Å²) in [5.74, 6) is 0.833. The van der Waals surface area contributed by atoms with E-state index >= 15 is 0 Å². The van der Waals surface area contributed by atoms with Crippen LogP contribution in [0.2, 0.25) is 0 Å². The summed E-state index contributed by atoms with van der Waals surface area (Å²) >= 11 is 0. The number of hydrogen-bond acceptors (Lipinski definition) is 1. The van der Waals surface area contributed by atoms with Crippen LogP contribution in [0.1, 0.15) is 93.7 Å². The fraction of sp³-hybridized carbons (Fsp3) is 0.188. The second kappa shape index (κ2) is 30.2. The maximum Gasteiger partial charge on any atom is 0.0192 e. The van der Waals surface area contributed by atoms with Crippen molar-refractivity contribution in [2.45, 2.75) is 73.6 Å². The van der Waals surface area contributed by atoms with Gasteiger partial charge in [-0.15, -0.1) is 13.2 Å². The van der Waals surface area contributed by atoms with Crippen LogP contribution in [0.4, 0.5) is 0 Å². The maximum atomic E-state index is 4.12. The fourth-order valence-corrected chi connectivity index (χ4v) is 6.92. The van der Waals surface area contributed by atoms with Crippen molar-refractivity contribution in [2.75, 3.05) is 0 Å². The molecule has 0 bridgehead atoms. The predicted octanol–water partition coefficient (Wildman–Crippen LogP) is 18.3. The largest absolute Gasteiger partial charge is 0.325 e. The van der Waals surface area contributed by atoms with Gasteiger partial charge in [-0.1, -0.05) is 239 Å². The van der Waals surface area contributed by atoms with Crippen LogP contribution < -0.4 is 0 Å². The van der Waals surface area contributed by atoms with Gasteiger partial charge in [-0.25, -0.2) is 0 Å². The lowest BCUT2D eigenvalue weighted by Gasteiger charge is -2.22. The summed E-state index contributed by atoms with van der Waals surface area (Å²) in [7, 11) is 0. The van der Waals surface area contributed by atoms with E-state index in [4.69, 9.17) is 0 Å². The van der Waals surface area contributed by atoms with Crippen molar-refractivity contribution in [2.24, 2.45) is 5.92 Å². The van der Waals surface area contributed by atoms with Crippen LogP contribution in [0.5, 0.6) is 0 Å². The van der Waals surface area contributed by atoms with Gasteiger partial charge in [-0.05, 0) is 122 Å². The highest BCUT2D eigenvalue weighted by atomic mass is 15.1. The maximum absolute atomic E-state index is 4.12. The monoisotopic (exact) mass is 856 g/mol. The molecule has 4 aromatic rings. The predicted molar refractivity (Wildman–Crippen MR) is 291 cm³/mol. The average Bonchev–Trinajstić information content (AvgIpc) is 3.57.